The van der Waals surface area contributed by atoms with Crippen LogP contribution in [0.4, 0.5) is 5.69 Å². The largest absolute Gasteiger partial charge is 0.495 e. The number of anilines is 1. The Morgan fingerprint density at radius 1 is 1.33 bits per heavy atom. The van der Waals surface area contributed by atoms with E-state index in [1.54, 1.807) is 12.1 Å². The molecule has 90 valence electrons. The average molecular weight is 304 g/mol. The van der Waals surface area contributed by atoms with Crippen molar-refractivity contribution in [2.45, 2.75) is 0 Å². The first-order valence-electron chi connectivity index (χ1n) is 4.60. The zero-order valence-corrected chi connectivity index (χ0v) is 11.2. The lowest BCUT2D eigenvalue weighted by Gasteiger charge is -2.05. The van der Waals surface area contributed by atoms with Crippen molar-refractivity contribution in [3.8, 4) is 42.3 Å². The predicted molar refractivity (Wildman–Crippen MR) is 75.9 cm³/mol. The normalized spacial score (nSPS) is 7.33. The summed E-state index contributed by atoms with van der Waals surface area (Å²) in [4.78, 5) is 10.5. The van der Waals surface area contributed by atoms with Gasteiger partial charge in [-0.3, -0.25) is 4.79 Å². The second-order valence-corrected chi connectivity index (χ2v) is 3.63. The highest BCUT2D eigenvalue weighted by Gasteiger charge is 2.04. The van der Waals surface area contributed by atoms with Crippen molar-refractivity contribution < 1.29 is 9.53 Å². The van der Waals surface area contributed by atoms with Crippen LogP contribution in [0, 0.1) is 36.5 Å². The maximum Gasteiger partial charge on any atom is 0.151 e. The Labute approximate surface area is 115 Å². The number of carbonyl (C=O) groups excluding carboxylic acids is 1. The van der Waals surface area contributed by atoms with Gasteiger partial charge in [0, 0.05) is 10.0 Å². The summed E-state index contributed by atoms with van der Waals surface area (Å²) in [6, 6.07) is 3.23. The third-order valence-electron chi connectivity index (χ3n) is 1.68. The SMILES string of the molecule is C#CC#CC#C.COc1cc(C=O)c(Br)cc1N. The van der Waals surface area contributed by atoms with Gasteiger partial charge in [0.15, 0.2) is 6.29 Å². The van der Waals surface area contributed by atoms with E-state index in [4.69, 9.17) is 23.3 Å². The van der Waals surface area contributed by atoms with Gasteiger partial charge in [-0.1, -0.05) is 0 Å². The van der Waals surface area contributed by atoms with Crippen LogP contribution in [0.1, 0.15) is 10.4 Å². The molecule has 0 saturated heterocycles. The minimum absolute atomic E-state index is 0.509. The van der Waals surface area contributed by atoms with Crippen molar-refractivity contribution in [1.29, 1.82) is 0 Å². The molecule has 2 N–H and O–H groups in total. The van der Waals surface area contributed by atoms with Gasteiger partial charge in [-0.15, -0.1) is 12.8 Å². The number of nitrogen functional groups attached to an aromatic ring is 1. The van der Waals surface area contributed by atoms with Crippen molar-refractivity contribution >= 4 is 27.9 Å². The van der Waals surface area contributed by atoms with Crippen LogP contribution in [0.3, 0.4) is 0 Å². The van der Waals surface area contributed by atoms with E-state index in [1.165, 1.54) is 7.11 Å². The zero-order chi connectivity index (χ0) is 14.0. The van der Waals surface area contributed by atoms with Gasteiger partial charge < -0.3 is 10.5 Å². The second-order valence-electron chi connectivity index (χ2n) is 2.77. The number of rotatable bonds is 2. The van der Waals surface area contributed by atoms with Gasteiger partial charge in [-0.25, -0.2) is 0 Å². The zero-order valence-electron chi connectivity index (χ0n) is 9.66. The standard InChI is InChI=1S/C8H8BrNO2.C6H2/c1-12-8-2-5(4-11)6(9)3-7(8)10;1-3-5-6-4-2/h2-4H,10H2,1H3;1-2H. The first kappa shape index (κ1) is 15.7. The number of hydrogen-bond acceptors (Lipinski definition) is 3. The lowest BCUT2D eigenvalue weighted by Crippen LogP contribution is -1.94. The van der Waals surface area contributed by atoms with Crippen molar-refractivity contribution in [3.63, 3.8) is 0 Å². The first-order valence-corrected chi connectivity index (χ1v) is 5.39. The van der Waals surface area contributed by atoms with Gasteiger partial charge in [0.05, 0.1) is 12.8 Å². The number of terminal acetylenes is 2. The summed E-state index contributed by atoms with van der Waals surface area (Å²) >= 11 is 3.20. The molecule has 0 fully saturated rings. The fourth-order valence-electron chi connectivity index (χ4n) is 0.924. The molecule has 0 aliphatic rings. The number of aldehydes is 1. The van der Waals surface area contributed by atoms with E-state index in [0.29, 0.717) is 21.5 Å². The molecule has 1 aromatic rings. The Morgan fingerprint density at radius 2 is 1.89 bits per heavy atom. The van der Waals surface area contributed by atoms with Gasteiger partial charge in [-0.2, -0.15) is 0 Å². The quantitative estimate of drug-likeness (QED) is 0.517. The van der Waals surface area contributed by atoms with Crippen LogP contribution in [0.25, 0.3) is 0 Å². The number of ether oxygens (including phenoxy) is 1. The molecular weight excluding hydrogens is 294 g/mol. The molecule has 0 aliphatic carbocycles. The number of carbonyl (C=O) groups is 1. The van der Waals surface area contributed by atoms with E-state index >= 15 is 0 Å². The Hall–Kier alpha value is -2.35. The second kappa shape index (κ2) is 8.76. The van der Waals surface area contributed by atoms with Gasteiger partial charge in [0.2, 0.25) is 0 Å². The van der Waals surface area contributed by atoms with Crippen LogP contribution in [-0.4, -0.2) is 13.4 Å². The molecule has 4 heteroatoms. The Balaban J connectivity index is 0.000000411. The van der Waals surface area contributed by atoms with Crippen LogP contribution in [0.5, 0.6) is 5.75 Å². The molecule has 1 rings (SSSR count). The van der Waals surface area contributed by atoms with Crippen LogP contribution in [0.2, 0.25) is 0 Å². The van der Waals surface area contributed by atoms with E-state index in [0.717, 1.165) is 6.29 Å². The Kier molecular flexibility index (Phi) is 7.62. The fraction of sp³-hybridized carbons (Fsp3) is 0.0714. The number of halogens is 1. The monoisotopic (exact) mass is 303 g/mol. The minimum atomic E-state index is 0.509. The van der Waals surface area contributed by atoms with Crippen LogP contribution in [-0.2, 0) is 0 Å². The number of methoxy groups -OCH3 is 1. The van der Waals surface area contributed by atoms with Crippen LogP contribution >= 0.6 is 15.9 Å². The topological polar surface area (TPSA) is 52.3 Å². The summed E-state index contributed by atoms with van der Waals surface area (Å²) in [5.74, 6) is 9.12. The number of nitrogens with two attached hydrogens (primary N) is 1. The highest BCUT2D eigenvalue weighted by molar-refractivity contribution is 9.10. The molecule has 0 spiro atoms. The summed E-state index contributed by atoms with van der Waals surface area (Å²) in [5, 5.41) is 0. The molecule has 0 saturated carbocycles. The molecule has 0 aromatic heterocycles. The van der Waals surface area contributed by atoms with E-state index in [9.17, 15) is 4.79 Å². The van der Waals surface area contributed by atoms with Crippen molar-refractivity contribution in [1.82, 2.24) is 0 Å². The summed E-state index contributed by atoms with van der Waals surface area (Å²) in [7, 11) is 1.51. The van der Waals surface area contributed by atoms with Gasteiger partial charge in [-0.05, 0) is 51.7 Å². The summed E-state index contributed by atoms with van der Waals surface area (Å²) < 4.78 is 5.61. The smallest absolute Gasteiger partial charge is 0.151 e. The van der Waals surface area contributed by atoms with Crippen LogP contribution in [0.15, 0.2) is 16.6 Å². The lowest BCUT2D eigenvalue weighted by atomic mass is 10.2. The fourth-order valence-corrected chi connectivity index (χ4v) is 1.38. The molecule has 3 nitrogen and oxygen atoms in total. The maximum absolute atomic E-state index is 10.5. The molecule has 0 amide bonds. The van der Waals surface area contributed by atoms with Crippen molar-refractivity contribution in [2.24, 2.45) is 0 Å². The van der Waals surface area contributed by atoms with E-state index < -0.39 is 0 Å². The van der Waals surface area contributed by atoms with Gasteiger partial charge in [0.25, 0.3) is 0 Å². The highest BCUT2D eigenvalue weighted by atomic mass is 79.9. The maximum atomic E-state index is 10.5. The summed E-state index contributed by atoms with van der Waals surface area (Å²) in [6.45, 7) is 0. The molecule has 0 bridgehead atoms. The van der Waals surface area contributed by atoms with Gasteiger partial charge >= 0.3 is 0 Å². The summed E-state index contributed by atoms with van der Waals surface area (Å²) in [5.41, 5.74) is 6.62. The van der Waals surface area contributed by atoms with Crippen LogP contribution < -0.4 is 10.5 Å². The summed E-state index contributed by atoms with van der Waals surface area (Å²) in [6.07, 6.45) is 10.1. The Bertz CT molecular complexity index is 550. The molecular formula is C14H10BrNO2. The number of hydrogen-bond donors (Lipinski definition) is 1. The van der Waals surface area contributed by atoms with Crippen molar-refractivity contribution in [2.75, 3.05) is 12.8 Å². The molecule has 0 atom stereocenters. The molecule has 1 aromatic carbocycles. The third-order valence-corrected chi connectivity index (χ3v) is 2.37. The Morgan fingerprint density at radius 3 is 2.28 bits per heavy atom. The number of benzene rings is 1. The molecule has 0 aliphatic heterocycles. The van der Waals surface area contributed by atoms with E-state index in [1.807, 2.05) is 0 Å². The predicted octanol–water partition coefficient (Wildman–Crippen LogP) is 2.11. The lowest BCUT2D eigenvalue weighted by molar-refractivity contribution is 0.112. The van der Waals surface area contributed by atoms with E-state index in [-0.39, 0.29) is 0 Å². The van der Waals surface area contributed by atoms with E-state index in [2.05, 4.69) is 39.6 Å². The molecule has 0 radical (unpaired) electrons. The first-order chi connectivity index (χ1) is 8.60. The van der Waals surface area contributed by atoms with Gasteiger partial charge in [0.1, 0.15) is 5.75 Å². The average Bonchev–Trinajstić information content (AvgIpc) is 2.37. The minimum Gasteiger partial charge on any atom is -0.495 e. The third kappa shape index (κ3) is 5.12. The van der Waals surface area contributed by atoms with Crippen molar-refractivity contribution in [3.05, 3.63) is 22.2 Å². The molecule has 18 heavy (non-hydrogen) atoms. The molecule has 0 heterocycles. The molecule has 0 unspecified atom stereocenters. The highest BCUT2D eigenvalue weighted by Crippen LogP contribution is 2.27.